The summed E-state index contributed by atoms with van der Waals surface area (Å²) in [4.78, 5) is 0. The first kappa shape index (κ1) is 12.7. The number of fused-ring (bicyclic) bond motifs is 1. The third kappa shape index (κ3) is 2.51. The van der Waals surface area contributed by atoms with Crippen molar-refractivity contribution in [2.24, 2.45) is 0 Å². The molecule has 3 rings (SSSR count). The van der Waals surface area contributed by atoms with E-state index >= 15 is 0 Å². The second-order valence-corrected chi connectivity index (χ2v) is 5.46. The Morgan fingerprint density at radius 3 is 2.70 bits per heavy atom. The maximum atomic E-state index is 9.03. The molecule has 0 radical (unpaired) electrons. The molecule has 0 aliphatic carbocycles. The van der Waals surface area contributed by atoms with E-state index in [-0.39, 0.29) is 5.25 Å². The predicted molar refractivity (Wildman–Crippen MR) is 78.3 cm³/mol. The Morgan fingerprint density at radius 1 is 1.10 bits per heavy atom. The minimum Gasteiger partial charge on any atom is -0.277 e. The molecule has 3 aromatic rings. The standard InChI is InChI=1S/C15H12N4S/c16-10-9-13(12-6-2-1-3-7-12)20-15-18-17-14-8-4-5-11-19(14)15/h1-8,11,13H,9H2. The summed E-state index contributed by atoms with van der Waals surface area (Å²) in [6.07, 6.45) is 2.38. The summed E-state index contributed by atoms with van der Waals surface area (Å²) in [6.45, 7) is 0. The van der Waals surface area contributed by atoms with Gasteiger partial charge < -0.3 is 0 Å². The van der Waals surface area contributed by atoms with E-state index in [4.69, 9.17) is 5.26 Å². The minimum atomic E-state index is 0.0637. The van der Waals surface area contributed by atoms with E-state index < -0.39 is 0 Å². The van der Waals surface area contributed by atoms with Gasteiger partial charge in [-0.05, 0) is 17.7 Å². The topological polar surface area (TPSA) is 54.0 Å². The van der Waals surface area contributed by atoms with E-state index in [1.165, 1.54) is 0 Å². The van der Waals surface area contributed by atoms with Crippen molar-refractivity contribution in [3.05, 3.63) is 60.3 Å². The lowest BCUT2D eigenvalue weighted by atomic mass is 10.1. The third-order valence-corrected chi connectivity index (χ3v) is 4.19. The average molecular weight is 280 g/mol. The fraction of sp³-hybridized carbons (Fsp3) is 0.133. The van der Waals surface area contributed by atoms with Crippen molar-refractivity contribution in [2.45, 2.75) is 16.8 Å². The summed E-state index contributed by atoms with van der Waals surface area (Å²) in [7, 11) is 0. The number of hydrogen-bond acceptors (Lipinski definition) is 4. The number of benzene rings is 1. The van der Waals surface area contributed by atoms with Gasteiger partial charge >= 0.3 is 0 Å². The van der Waals surface area contributed by atoms with Crippen molar-refractivity contribution in [1.29, 1.82) is 5.26 Å². The second kappa shape index (κ2) is 5.76. The van der Waals surface area contributed by atoms with Crippen molar-refractivity contribution in [3.8, 4) is 6.07 Å². The van der Waals surface area contributed by atoms with Crippen molar-refractivity contribution >= 4 is 17.4 Å². The Balaban J connectivity index is 1.93. The van der Waals surface area contributed by atoms with E-state index in [0.29, 0.717) is 6.42 Å². The van der Waals surface area contributed by atoms with Gasteiger partial charge in [0.05, 0.1) is 17.7 Å². The predicted octanol–water partition coefficient (Wildman–Crippen LogP) is 3.48. The van der Waals surface area contributed by atoms with Crippen LogP contribution in [0.1, 0.15) is 17.2 Å². The summed E-state index contributed by atoms with van der Waals surface area (Å²) in [5.41, 5.74) is 1.95. The van der Waals surface area contributed by atoms with E-state index in [9.17, 15) is 0 Å². The number of hydrogen-bond donors (Lipinski definition) is 0. The fourth-order valence-electron chi connectivity index (χ4n) is 2.01. The first-order valence-corrected chi connectivity index (χ1v) is 7.15. The van der Waals surface area contributed by atoms with Crippen LogP contribution in [-0.2, 0) is 0 Å². The molecule has 0 N–H and O–H groups in total. The van der Waals surface area contributed by atoms with Gasteiger partial charge in [0.2, 0.25) is 0 Å². The van der Waals surface area contributed by atoms with Crippen molar-refractivity contribution in [3.63, 3.8) is 0 Å². The lowest BCUT2D eigenvalue weighted by molar-refractivity contribution is 0.897. The monoisotopic (exact) mass is 280 g/mol. The molecule has 0 fully saturated rings. The highest BCUT2D eigenvalue weighted by Gasteiger charge is 2.16. The fourth-order valence-corrected chi connectivity index (χ4v) is 3.07. The molecule has 0 saturated carbocycles. The molecule has 0 aliphatic rings. The minimum absolute atomic E-state index is 0.0637. The Kier molecular flexibility index (Phi) is 3.66. The van der Waals surface area contributed by atoms with Crippen molar-refractivity contribution in [2.75, 3.05) is 0 Å². The summed E-state index contributed by atoms with van der Waals surface area (Å²) in [5.74, 6) is 0. The highest BCUT2D eigenvalue weighted by Crippen LogP contribution is 2.36. The number of aromatic nitrogens is 3. The molecule has 2 heterocycles. The van der Waals surface area contributed by atoms with E-state index in [1.807, 2.05) is 59.1 Å². The summed E-state index contributed by atoms with van der Waals surface area (Å²) >= 11 is 1.57. The van der Waals surface area contributed by atoms with Crippen molar-refractivity contribution < 1.29 is 0 Å². The number of thioether (sulfide) groups is 1. The first-order chi connectivity index (χ1) is 9.88. The first-order valence-electron chi connectivity index (χ1n) is 6.27. The van der Waals surface area contributed by atoms with Gasteiger partial charge in [0.15, 0.2) is 10.8 Å². The van der Waals surface area contributed by atoms with Crippen LogP contribution in [0.3, 0.4) is 0 Å². The van der Waals surface area contributed by atoms with Crippen LogP contribution in [0.2, 0.25) is 0 Å². The molecular weight excluding hydrogens is 268 g/mol. The number of pyridine rings is 1. The average Bonchev–Trinajstić information content (AvgIpc) is 2.91. The van der Waals surface area contributed by atoms with E-state index in [2.05, 4.69) is 16.3 Å². The van der Waals surface area contributed by atoms with Gasteiger partial charge in [0, 0.05) is 6.20 Å². The zero-order chi connectivity index (χ0) is 13.8. The Morgan fingerprint density at radius 2 is 1.90 bits per heavy atom. The van der Waals surface area contributed by atoms with Gasteiger partial charge in [-0.25, -0.2) is 0 Å². The molecule has 2 aromatic heterocycles. The Bertz CT molecular complexity index is 745. The smallest absolute Gasteiger partial charge is 0.196 e. The van der Waals surface area contributed by atoms with Crippen LogP contribution in [0.4, 0.5) is 0 Å². The van der Waals surface area contributed by atoms with Crippen LogP contribution in [0.5, 0.6) is 0 Å². The highest BCUT2D eigenvalue weighted by molar-refractivity contribution is 7.99. The summed E-state index contributed by atoms with van der Waals surface area (Å²) in [6, 6.07) is 18.1. The molecule has 1 atom stereocenters. The molecule has 0 spiro atoms. The van der Waals surface area contributed by atoms with Crippen LogP contribution in [0.25, 0.3) is 5.65 Å². The van der Waals surface area contributed by atoms with Crippen LogP contribution >= 0.6 is 11.8 Å². The number of rotatable bonds is 4. The molecule has 0 bridgehead atoms. The van der Waals surface area contributed by atoms with Crippen LogP contribution in [0.15, 0.2) is 59.9 Å². The van der Waals surface area contributed by atoms with Gasteiger partial charge in [-0.15, -0.1) is 10.2 Å². The second-order valence-electron chi connectivity index (χ2n) is 4.29. The molecule has 20 heavy (non-hydrogen) atoms. The SMILES string of the molecule is N#CCC(Sc1nnc2ccccn12)c1ccccc1. The maximum Gasteiger partial charge on any atom is 0.196 e. The Hall–Kier alpha value is -2.32. The van der Waals surface area contributed by atoms with Gasteiger partial charge in [-0.3, -0.25) is 4.40 Å². The van der Waals surface area contributed by atoms with Crippen LogP contribution < -0.4 is 0 Å². The summed E-state index contributed by atoms with van der Waals surface area (Å²) < 4.78 is 1.94. The zero-order valence-corrected chi connectivity index (χ0v) is 11.5. The van der Waals surface area contributed by atoms with Gasteiger partial charge in [-0.1, -0.05) is 48.2 Å². The van der Waals surface area contributed by atoms with Gasteiger partial charge in [-0.2, -0.15) is 5.26 Å². The van der Waals surface area contributed by atoms with Crippen molar-refractivity contribution in [1.82, 2.24) is 14.6 Å². The number of nitriles is 1. The quantitative estimate of drug-likeness (QED) is 0.687. The lowest BCUT2D eigenvalue weighted by Gasteiger charge is -2.12. The van der Waals surface area contributed by atoms with Gasteiger partial charge in [0.1, 0.15) is 0 Å². The maximum absolute atomic E-state index is 9.03. The molecule has 0 saturated heterocycles. The molecule has 4 nitrogen and oxygen atoms in total. The zero-order valence-electron chi connectivity index (χ0n) is 10.7. The third-order valence-electron chi connectivity index (χ3n) is 2.98. The Labute approximate surface area is 121 Å². The highest BCUT2D eigenvalue weighted by atomic mass is 32.2. The van der Waals surface area contributed by atoms with Crippen LogP contribution in [0, 0.1) is 11.3 Å². The number of nitrogens with zero attached hydrogens (tertiary/aromatic N) is 4. The molecule has 0 amide bonds. The molecule has 98 valence electrons. The van der Waals surface area contributed by atoms with E-state index in [1.54, 1.807) is 11.8 Å². The largest absolute Gasteiger partial charge is 0.277 e. The van der Waals surface area contributed by atoms with E-state index in [0.717, 1.165) is 16.4 Å². The van der Waals surface area contributed by atoms with Crippen LogP contribution in [-0.4, -0.2) is 14.6 Å². The molecule has 0 aliphatic heterocycles. The normalized spacial score (nSPS) is 12.2. The molecule has 1 unspecified atom stereocenters. The lowest BCUT2D eigenvalue weighted by Crippen LogP contribution is -1.95. The van der Waals surface area contributed by atoms with Gasteiger partial charge in [0.25, 0.3) is 0 Å². The molecule has 5 heteroatoms. The molecular formula is C15H12N4S. The summed E-state index contributed by atoms with van der Waals surface area (Å²) in [5, 5.41) is 18.3. The molecule has 1 aromatic carbocycles.